The quantitative estimate of drug-likeness (QED) is 0.462. The largest absolute Gasteiger partial charge is 0.305 e. The molecule has 0 bridgehead atoms. The van der Waals surface area contributed by atoms with E-state index in [9.17, 15) is 4.79 Å². The van der Waals surface area contributed by atoms with Gasteiger partial charge < -0.3 is 5.32 Å². The second kappa shape index (κ2) is 6.95. The molecule has 2 nitrogen and oxygen atoms in total. The van der Waals surface area contributed by atoms with Gasteiger partial charge in [0.05, 0.1) is 5.54 Å². The van der Waals surface area contributed by atoms with Gasteiger partial charge in [-0.05, 0) is 45.2 Å². The lowest BCUT2D eigenvalue weighted by Crippen LogP contribution is -2.47. The van der Waals surface area contributed by atoms with Crippen LogP contribution in [-0.2, 0) is 0 Å². The topological polar surface area (TPSA) is 29.1 Å². The number of thioether (sulfide) groups is 1. The summed E-state index contributed by atoms with van der Waals surface area (Å²) in [5, 5.41) is 3.33. The van der Waals surface area contributed by atoms with Gasteiger partial charge in [-0.25, -0.2) is 0 Å². The van der Waals surface area contributed by atoms with E-state index in [4.69, 9.17) is 0 Å². The normalized spacial score (nSPS) is 11.6. The minimum Gasteiger partial charge on any atom is -0.305 e. The summed E-state index contributed by atoms with van der Waals surface area (Å²) in [6.45, 7) is 6.94. The van der Waals surface area contributed by atoms with Gasteiger partial charge in [0.1, 0.15) is 0 Å². The fraction of sp³-hybridized carbons (Fsp3) is 0.533. The molecule has 1 aromatic carbocycles. The van der Waals surface area contributed by atoms with Crippen LogP contribution in [0.2, 0.25) is 0 Å². The Kier molecular flexibility index (Phi) is 5.89. The van der Waals surface area contributed by atoms with Crippen LogP contribution in [0.25, 0.3) is 0 Å². The molecule has 0 amide bonds. The molecule has 0 aliphatic rings. The van der Waals surface area contributed by atoms with Crippen molar-refractivity contribution in [1.82, 2.24) is 5.32 Å². The molecule has 0 radical (unpaired) electrons. The van der Waals surface area contributed by atoms with Crippen LogP contribution in [0.15, 0.2) is 29.2 Å². The number of rotatable bonds is 7. The second-order valence-electron chi connectivity index (χ2n) is 4.96. The first kappa shape index (κ1) is 15.3. The first-order valence-corrected chi connectivity index (χ1v) is 7.67. The molecule has 0 spiro atoms. The van der Waals surface area contributed by atoms with Crippen molar-refractivity contribution in [2.45, 2.75) is 44.0 Å². The lowest BCUT2D eigenvalue weighted by molar-refractivity contribution is 0.0882. The number of nitrogens with one attached hydrogen (secondary N) is 1. The molecule has 0 aromatic heterocycles. The number of Topliss-reactive ketones (excluding diaryl/α,β-unsaturated/α-hetero) is 1. The van der Waals surface area contributed by atoms with E-state index in [0.717, 1.165) is 24.9 Å². The lowest BCUT2D eigenvalue weighted by Gasteiger charge is -2.25. The maximum atomic E-state index is 12.4. The summed E-state index contributed by atoms with van der Waals surface area (Å²) in [4.78, 5) is 13.6. The van der Waals surface area contributed by atoms with E-state index in [-0.39, 0.29) is 5.78 Å². The van der Waals surface area contributed by atoms with Crippen molar-refractivity contribution in [3.8, 4) is 0 Å². The zero-order valence-corrected chi connectivity index (χ0v) is 12.6. The lowest BCUT2D eigenvalue weighted by atomic mass is 9.93. The Morgan fingerprint density at radius 1 is 1.28 bits per heavy atom. The minimum atomic E-state index is -0.490. The molecule has 18 heavy (non-hydrogen) atoms. The third-order valence-corrected chi connectivity index (χ3v) is 3.76. The summed E-state index contributed by atoms with van der Waals surface area (Å²) < 4.78 is 0. The van der Waals surface area contributed by atoms with Crippen LogP contribution in [0.4, 0.5) is 0 Å². The third-order valence-electron chi connectivity index (χ3n) is 3.02. The van der Waals surface area contributed by atoms with Gasteiger partial charge in [-0.3, -0.25) is 4.79 Å². The molecule has 0 saturated carbocycles. The van der Waals surface area contributed by atoms with Crippen LogP contribution in [-0.4, -0.2) is 24.1 Å². The molecule has 0 saturated heterocycles. The van der Waals surface area contributed by atoms with Crippen molar-refractivity contribution < 1.29 is 4.79 Å². The highest BCUT2D eigenvalue weighted by molar-refractivity contribution is 7.98. The predicted octanol–water partition coefficient (Wildman–Crippen LogP) is 3.76. The van der Waals surface area contributed by atoms with Gasteiger partial charge in [0, 0.05) is 10.5 Å². The molecule has 1 rings (SSSR count). The van der Waals surface area contributed by atoms with Crippen LogP contribution in [0.1, 0.15) is 44.0 Å². The highest BCUT2D eigenvalue weighted by Crippen LogP contribution is 2.18. The molecule has 0 heterocycles. The Labute approximate surface area is 115 Å². The molecule has 0 aliphatic heterocycles. The second-order valence-corrected chi connectivity index (χ2v) is 5.84. The number of ketones is 1. The molecular formula is C15H23NOS. The van der Waals surface area contributed by atoms with Crippen LogP contribution >= 0.6 is 11.8 Å². The van der Waals surface area contributed by atoms with Crippen molar-refractivity contribution >= 4 is 17.5 Å². The fourth-order valence-corrected chi connectivity index (χ4v) is 2.17. The maximum absolute atomic E-state index is 12.4. The van der Waals surface area contributed by atoms with E-state index in [1.54, 1.807) is 11.8 Å². The maximum Gasteiger partial charge on any atom is 0.182 e. The first-order chi connectivity index (χ1) is 8.51. The van der Waals surface area contributed by atoms with Gasteiger partial charge in [-0.1, -0.05) is 25.5 Å². The summed E-state index contributed by atoms with van der Waals surface area (Å²) in [6, 6.07) is 7.83. The average molecular weight is 265 g/mol. The van der Waals surface area contributed by atoms with E-state index in [1.807, 2.05) is 44.4 Å². The van der Waals surface area contributed by atoms with Crippen LogP contribution in [0.5, 0.6) is 0 Å². The van der Waals surface area contributed by atoms with E-state index in [0.29, 0.717) is 0 Å². The molecule has 0 atom stereocenters. The number of unbranched alkanes of at least 4 members (excludes halogenated alkanes) is 1. The van der Waals surface area contributed by atoms with E-state index >= 15 is 0 Å². The van der Waals surface area contributed by atoms with E-state index < -0.39 is 5.54 Å². The highest BCUT2D eigenvalue weighted by Gasteiger charge is 2.27. The summed E-state index contributed by atoms with van der Waals surface area (Å²) in [5.41, 5.74) is 0.289. The summed E-state index contributed by atoms with van der Waals surface area (Å²) in [7, 11) is 0. The Hall–Kier alpha value is -0.800. The molecule has 100 valence electrons. The van der Waals surface area contributed by atoms with E-state index in [1.165, 1.54) is 4.90 Å². The van der Waals surface area contributed by atoms with Crippen molar-refractivity contribution in [3.05, 3.63) is 29.8 Å². The van der Waals surface area contributed by atoms with Gasteiger partial charge in [-0.15, -0.1) is 11.8 Å². The Balaban J connectivity index is 2.71. The molecule has 0 fully saturated rings. The number of hydrogen-bond donors (Lipinski definition) is 1. The molecule has 0 unspecified atom stereocenters. The predicted molar refractivity (Wildman–Crippen MR) is 79.5 cm³/mol. The third kappa shape index (κ3) is 4.14. The van der Waals surface area contributed by atoms with Gasteiger partial charge in [0.15, 0.2) is 5.78 Å². The number of benzene rings is 1. The fourth-order valence-electron chi connectivity index (χ4n) is 1.76. The molecule has 1 N–H and O–H groups in total. The Morgan fingerprint density at radius 3 is 2.39 bits per heavy atom. The first-order valence-electron chi connectivity index (χ1n) is 6.45. The number of carbonyl (C=O) groups excluding carboxylic acids is 1. The van der Waals surface area contributed by atoms with Gasteiger partial charge in [0.2, 0.25) is 0 Å². The standard InChI is InChI=1S/C15H23NOS/c1-5-6-11-16-15(2,3)14(17)12-7-9-13(18-4)10-8-12/h7-10,16H,5-6,11H2,1-4H3. The van der Waals surface area contributed by atoms with Crippen LogP contribution in [0.3, 0.4) is 0 Å². The zero-order valence-electron chi connectivity index (χ0n) is 11.7. The molecular weight excluding hydrogens is 242 g/mol. The number of hydrogen-bond acceptors (Lipinski definition) is 3. The Morgan fingerprint density at radius 2 is 1.89 bits per heavy atom. The average Bonchev–Trinajstić information content (AvgIpc) is 2.38. The van der Waals surface area contributed by atoms with Crippen molar-refractivity contribution in [3.63, 3.8) is 0 Å². The molecule has 3 heteroatoms. The summed E-state index contributed by atoms with van der Waals surface area (Å²) >= 11 is 1.69. The van der Waals surface area contributed by atoms with Crippen molar-refractivity contribution in [1.29, 1.82) is 0 Å². The van der Waals surface area contributed by atoms with Crippen molar-refractivity contribution in [2.75, 3.05) is 12.8 Å². The SMILES string of the molecule is CCCCNC(C)(C)C(=O)c1ccc(SC)cc1. The highest BCUT2D eigenvalue weighted by atomic mass is 32.2. The summed E-state index contributed by atoms with van der Waals surface area (Å²) in [6.07, 6.45) is 4.27. The van der Waals surface area contributed by atoms with Gasteiger partial charge in [0.25, 0.3) is 0 Å². The molecule has 1 aromatic rings. The zero-order chi connectivity index (χ0) is 13.6. The number of carbonyl (C=O) groups is 1. The van der Waals surface area contributed by atoms with Gasteiger partial charge >= 0.3 is 0 Å². The summed E-state index contributed by atoms with van der Waals surface area (Å²) in [5.74, 6) is 0.159. The Bertz CT molecular complexity index is 384. The smallest absolute Gasteiger partial charge is 0.182 e. The van der Waals surface area contributed by atoms with Crippen molar-refractivity contribution in [2.24, 2.45) is 0 Å². The van der Waals surface area contributed by atoms with E-state index in [2.05, 4.69) is 12.2 Å². The monoisotopic (exact) mass is 265 g/mol. The minimum absolute atomic E-state index is 0.159. The van der Waals surface area contributed by atoms with Gasteiger partial charge in [-0.2, -0.15) is 0 Å². The van der Waals surface area contributed by atoms with Crippen LogP contribution in [0, 0.1) is 0 Å². The van der Waals surface area contributed by atoms with Crippen LogP contribution < -0.4 is 5.32 Å². The molecule has 0 aliphatic carbocycles.